The van der Waals surface area contributed by atoms with Crippen LogP contribution in [-0.2, 0) is 6.54 Å². The van der Waals surface area contributed by atoms with Crippen LogP contribution in [0.15, 0.2) is 18.2 Å². The van der Waals surface area contributed by atoms with Gasteiger partial charge in [-0.05, 0) is 38.1 Å². The number of nitro groups is 1. The smallest absolute Gasteiger partial charge is 0.304 e. The number of likely N-dealkylation sites (N-methyl/N-ethyl adjacent to an activating group) is 1. The van der Waals surface area contributed by atoms with Gasteiger partial charge < -0.3 is 10.2 Å². The fourth-order valence-corrected chi connectivity index (χ4v) is 2.59. The van der Waals surface area contributed by atoms with Crippen molar-refractivity contribution in [1.82, 2.24) is 10.2 Å². The molecule has 1 atom stereocenters. The lowest BCUT2D eigenvalue weighted by Crippen LogP contribution is -2.42. The van der Waals surface area contributed by atoms with Crippen LogP contribution in [0.1, 0.15) is 24.8 Å². The molecule has 0 aliphatic carbocycles. The Balaban J connectivity index is 1.85. The summed E-state index contributed by atoms with van der Waals surface area (Å²) in [7, 11) is 2.12. The van der Waals surface area contributed by atoms with Crippen LogP contribution < -0.4 is 5.32 Å². The van der Waals surface area contributed by atoms with Crippen LogP contribution in [0.25, 0.3) is 0 Å². The minimum atomic E-state index is -0.774. The van der Waals surface area contributed by atoms with Crippen LogP contribution in [0.2, 0.25) is 0 Å². The van der Waals surface area contributed by atoms with Crippen molar-refractivity contribution in [2.45, 2.75) is 31.8 Å². The summed E-state index contributed by atoms with van der Waals surface area (Å²) in [6.07, 6.45) is 3.68. The van der Waals surface area contributed by atoms with Crippen molar-refractivity contribution in [3.63, 3.8) is 0 Å². The summed E-state index contributed by atoms with van der Waals surface area (Å²) >= 11 is 0. The van der Waals surface area contributed by atoms with E-state index < -0.39 is 16.4 Å². The quantitative estimate of drug-likeness (QED) is 0.664. The van der Waals surface area contributed by atoms with Gasteiger partial charge in [0.1, 0.15) is 0 Å². The molecule has 1 fully saturated rings. The molecular formula is C14H20FN3O2. The van der Waals surface area contributed by atoms with E-state index >= 15 is 0 Å². The number of likely N-dealkylation sites (tertiary alicyclic amines) is 1. The SMILES string of the molecule is CN1CCCCC1CNCc1ccc([N+](=O)[O-])c(F)c1. The summed E-state index contributed by atoms with van der Waals surface area (Å²) in [5.41, 5.74) is 0.257. The van der Waals surface area contributed by atoms with Gasteiger partial charge in [-0.1, -0.05) is 12.5 Å². The molecule has 1 aliphatic heterocycles. The van der Waals surface area contributed by atoms with Gasteiger partial charge >= 0.3 is 5.69 Å². The summed E-state index contributed by atoms with van der Waals surface area (Å²) in [6.45, 7) is 2.51. The van der Waals surface area contributed by atoms with E-state index in [-0.39, 0.29) is 0 Å². The van der Waals surface area contributed by atoms with Crippen molar-refractivity contribution >= 4 is 5.69 Å². The minimum Gasteiger partial charge on any atom is -0.311 e. The summed E-state index contributed by atoms with van der Waals surface area (Å²) in [5.74, 6) is -0.774. The molecule has 0 aromatic heterocycles. The average molecular weight is 281 g/mol. The maximum Gasteiger partial charge on any atom is 0.304 e. The topological polar surface area (TPSA) is 58.4 Å². The van der Waals surface area contributed by atoms with Gasteiger partial charge in [0.25, 0.3) is 0 Å². The first-order valence-corrected chi connectivity index (χ1v) is 6.91. The van der Waals surface area contributed by atoms with Crippen molar-refractivity contribution in [2.24, 2.45) is 0 Å². The van der Waals surface area contributed by atoms with Crippen molar-refractivity contribution in [3.05, 3.63) is 39.7 Å². The van der Waals surface area contributed by atoms with Crippen LogP contribution in [0.5, 0.6) is 0 Å². The monoisotopic (exact) mass is 281 g/mol. The number of rotatable bonds is 5. The molecule has 20 heavy (non-hydrogen) atoms. The lowest BCUT2D eigenvalue weighted by atomic mass is 10.0. The average Bonchev–Trinajstić information content (AvgIpc) is 2.40. The Kier molecular flexibility index (Phi) is 5.03. The van der Waals surface area contributed by atoms with E-state index in [1.165, 1.54) is 31.4 Å². The predicted octanol–water partition coefficient (Wildman–Crippen LogP) is 2.31. The Morgan fingerprint density at radius 1 is 1.50 bits per heavy atom. The molecule has 0 spiro atoms. The molecule has 5 nitrogen and oxygen atoms in total. The third-order valence-electron chi connectivity index (χ3n) is 3.84. The van der Waals surface area contributed by atoms with Gasteiger partial charge in [0.05, 0.1) is 4.92 Å². The van der Waals surface area contributed by atoms with Gasteiger partial charge in [-0.25, -0.2) is 0 Å². The van der Waals surface area contributed by atoms with Crippen LogP contribution in [0.4, 0.5) is 10.1 Å². The van der Waals surface area contributed by atoms with Crippen molar-refractivity contribution < 1.29 is 9.31 Å². The molecule has 1 aromatic rings. The normalized spacial score (nSPS) is 20.0. The summed E-state index contributed by atoms with van der Waals surface area (Å²) in [4.78, 5) is 12.2. The fraction of sp³-hybridized carbons (Fsp3) is 0.571. The van der Waals surface area contributed by atoms with Crippen LogP contribution in [-0.4, -0.2) is 36.0 Å². The van der Waals surface area contributed by atoms with E-state index in [2.05, 4.69) is 17.3 Å². The van der Waals surface area contributed by atoms with Gasteiger partial charge in [0, 0.05) is 25.2 Å². The van der Waals surface area contributed by atoms with Crippen LogP contribution in [0.3, 0.4) is 0 Å². The highest BCUT2D eigenvalue weighted by Gasteiger charge is 2.18. The van der Waals surface area contributed by atoms with Gasteiger partial charge in [0.15, 0.2) is 0 Å². The Morgan fingerprint density at radius 3 is 2.95 bits per heavy atom. The first kappa shape index (κ1) is 14.9. The summed E-state index contributed by atoms with van der Waals surface area (Å²) < 4.78 is 13.5. The number of nitro benzene ring substituents is 1. The molecule has 0 radical (unpaired) electrons. The number of hydrogen-bond acceptors (Lipinski definition) is 4. The standard InChI is InChI=1S/C14H20FN3O2/c1-17-7-3-2-4-12(17)10-16-9-11-5-6-14(18(19)20)13(15)8-11/h5-6,8,12,16H,2-4,7,9-10H2,1H3. The van der Waals surface area contributed by atoms with Crippen molar-refractivity contribution in [2.75, 3.05) is 20.1 Å². The van der Waals surface area contributed by atoms with Gasteiger partial charge in [-0.15, -0.1) is 0 Å². The van der Waals surface area contributed by atoms with Gasteiger partial charge in [0.2, 0.25) is 5.82 Å². The van der Waals surface area contributed by atoms with Gasteiger partial charge in [-0.2, -0.15) is 4.39 Å². The van der Waals surface area contributed by atoms with E-state index in [0.29, 0.717) is 12.6 Å². The first-order valence-electron chi connectivity index (χ1n) is 6.91. The second-order valence-electron chi connectivity index (χ2n) is 5.30. The highest BCUT2D eigenvalue weighted by molar-refractivity contribution is 5.34. The van der Waals surface area contributed by atoms with Crippen molar-refractivity contribution in [3.8, 4) is 0 Å². The molecule has 1 heterocycles. The summed E-state index contributed by atoms with van der Waals surface area (Å²) in [5, 5.41) is 13.8. The molecule has 0 amide bonds. The number of benzene rings is 1. The molecule has 0 bridgehead atoms. The number of halogens is 1. The zero-order valence-electron chi connectivity index (χ0n) is 11.6. The van der Waals surface area contributed by atoms with E-state index in [1.54, 1.807) is 6.07 Å². The molecular weight excluding hydrogens is 261 g/mol. The zero-order valence-corrected chi connectivity index (χ0v) is 11.6. The molecule has 110 valence electrons. The lowest BCUT2D eigenvalue weighted by Gasteiger charge is -2.32. The Bertz CT molecular complexity index is 481. The van der Waals surface area contributed by atoms with Crippen LogP contribution in [0, 0.1) is 15.9 Å². The largest absolute Gasteiger partial charge is 0.311 e. The molecule has 2 rings (SSSR count). The van der Waals surface area contributed by atoms with E-state index in [9.17, 15) is 14.5 Å². The molecule has 1 saturated heterocycles. The second kappa shape index (κ2) is 6.76. The van der Waals surface area contributed by atoms with Crippen molar-refractivity contribution in [1.29, 1.82) is 0 Å². The Labute approximate surface area is 117 Å². The van der Waals surface area contributed by atoms with Crippen LogP contribution >= 0.6 is 0 Å². The second-order valence-corrected chi connectivity index (χ2v) is 5.30. The minimum absolute atomic E-state index is 0.472. The molecule has 1 aliphatic rings. The maximum absolute atomic E-state index is 13.5. The maximum atomic E-state index is 13.5. The molecule has 1 aromatic carbocycles. The number of nitrogens with zero attached hydrogens (tertiary/aromatic N) is 2. The summed E-state index contributed by atoms with van der Waals surface area (Å²) in [6, 6.07) is 4.57. The molecule has 1 N–H and O–H groups in total. The van der Waals surface area contributed by atoms with E-state index in [1.807, 2.05) is 0 Å². The molecule has 0 saturated carbocycles. The zero-order chi connectivity index (χ0) is 14.5. The van der Waals surface area contributed by atoms with E-state index in [0.717, 1.165) is 18.7 Å². The molecule has 6 heteroatoms. The Hall–Kier alpha value is -1.53. The van der Waals surface area contributed by atoms with Gasteiger partial charge in [-0.3, -0.25) is 10.1 Å². The molecule has 1 unspecified atom stereocenters. The lowest BCUT2D eigenvalue weighted by molar-refractivity contribution is -0.387. The Morgan fingerprint density at radius 2 is 2.30 bits per heavy atom. The fourth-order valence-electron chi connectivity index (χ4n) is 2.59. The first-order chi connectivity index (χ1) is 9.58. The number of piperidine rings is 1. The number of hydrogen-bond donors (Lipinski definition) is 1. The third-order valence-corrected chi connectivity index (χ3v) is 3.84. The highest BCUT2D eigenvalue weighted by atomic mass is 19.1. The van der Waals surface area contributed by atoms with E-state index in [4.69, 9.17) is 0 Å². The third kappa shape index (κ3) is 3.74. The number of nitrogens with one attached hydrogen (secondary N) is 1. The predicted molar refractivity (Wildman–Crippen MR) is 75.0 cm³/mol. The highest BCUT2D eigenvalue weighted by Crippen LogP contribution is 2.18.